The van der Waals surface area contributed by atoms with Gasteiger partial charge in [-0.25, -0.2) is 4.79 Å². The second kappa shape index (κ2) is 8.33. The van der Waals surface area contributed by atoms with Crippen LogP contribution < -0.4 is 15.4 Å². The van der Waals surface area contributed by atoms with E-state index in [1.165, 1.54) is 17.7 Å². The van der Waals surface area contributed by atoms with Gasteiger partial charge < -0.3 is 15.4 Å². The highest BCUT2D eigenvalue weighted by Crippen LogP contribution is 2.30. The van der Waals surface area contributed by atoms with E-state index in [4.69, 9.17) is 4.74 Å². The maximum absolute atomic E-state index is 12.7. The zero-order valence-electron chi connectivity index (χ0n) is 15.5. The fourth-order valence-corrected chi connectivity index (χ4v) is 2.33. The largest absolute Gasteiger partial charge is 0.492 e. The van der Waals surface area contributed by atoms with Crippen molar-refractivity contribution in [3.05, 3.63) is 59.7 Å². The Morgan fingerprint density at radius 3 is 2.26 bits per heavy atom. The first-order chi connectivity index (χ1) is 12.6. The van der Waals surface area contributed by atoms with E-state index >= 15 is 0 Å². The Bertz CT molecular complexity index is 766. The molecule has 7 heteroatoms. The maximum atomic E-state index is 12.7. The number of ether oxygens (including phenoxy) is 1. The molecule has 2 aromatic carbocycles. The molecule has 0 unspecified atom stereocenters. The van der Waals surface area contributed by atoms with Gasteiger partial charge in [0.1, 0.15) is 12.4 Å². The van der Waals surface area contributed by atoms with Crippen molar-refractivity contribution in [2.24, 2.45) is 0 Å². The second-order valence-corrected chi connectivity index (χ2v) is 7.08. The smallest absolute Gasteiger partial charge is 0.416 e. The van der Waals surface area contributed by atoms with Crippen molar-refractivity contribution in [3.63, 3.8) is 0 Å². The van der Waals surface area contributed by atoms with E-state index in [0.717, 1.165) is 12.1 Å². The molecular weight excluding hydrogens is 357 g/mol. The lowest BCUT2D eigenvalue weighted by atomic mass is 9.87. The average Bonchev–Trinajstić information content (AvgIpc) is 2.58. The van der Waals surface area contributed by atoms with Gasteiger partial charge in [-0.2, -0.15) is 13.2 Å². The third-order valence-corrected chi connectivity index (χ3v) is 3.82. The number of hydrogen-bond acceptors (Lipinski definition) is 2. The zero-order chi connectivity index (χ0) is 20.1. The number of carbonyl (C=O) groups excluding carboxylic acids is 1. The number of hydrogen-bond donors (Lipinski definition) is 2. The van der Waals surface area contributed by atoms with E-state index < -0.39 is 17.8 Å². The third kappa shape index (κ3) is 6.51. The van der Waals surface area contributed by atoms with Gasteiger partial charge in [-0.1, -0.05) is 39.0 Å². The van der Waals surface area contributed by atoms with E-state index in [0.29, 0.717) is 5.75 Å². The molecule has 0 aliphatic carbocycles. The number of urea groups is 1. The molecule has 0 spiro atoms. The molecule has 0 aliphatic rings. The van der Waals surface area contributed by atoms with Crippen LogP contribution in [0.25, 0.3) is 0 Å². The van der Waals surface area contributed by atoms with E-state index in [1.807, 2.05) is 24.3 Å². The third-order valence-electron chi connectivity index (χ3n) is 3.82. The molecule has 4 nitrogen and oxygen atoms in total. The van der Waals surface area contributed by atoms with E-state index in [9.17, 15) is 18.0 Å². The van der Waals surface area contributed by atoms with Gasteiger partial charge in [-0.05, 0) is 41.3 Å². The monoisotopic (exact) mass is 380 g/mol. The van der Waals surface area contributed by atoms with Crippen LogP contribution in [-0.2, 0) is 11.6 Å². The summed E-state index contributed by atoms with van der Waals surface area (Å²) in [4.78, 5) is 11.8. The van der Waals surface area contributed by atoms with Crippen LogP contribution in [0.1, 0.15) is 31.9 Å². The predicted molar refractivity (Wildman–Crippen MR) is 99.1 cm³/mol. The summed E-state index contributed by atoms with van der Waals surface area (Å²) in [6, 6.07) is 11.6. The number of alkyl halides is 3. The highest BCUT2D eigenvalue weighted by molar-refractivity contribution is 5.89. The van der Waals surface area contributed by atoms with Gasteiger partial charge in [0.05, 0.1) is 12.1 Å². The Labute approximate surface area is 156 Å². The second-order valence-electron chi connectivity index (χ2n) is 7.08. The number of anilines is 1. The van der Waals surface area contributed by atoms with Gasteiger partial charge in [-0.3, -0.25) is 0 Å². The lowest BCUT2D eigenvalue weighted by Crippen LogP contribution is -2.32. The van der Waals surface area contributed by atoms with Gasteiger partial charge in [0.2, 0.25) is 0 Å². The topological polar surface area (TPSA) is 50.4 Å². The molecule has 2 N–H and O–H groups in total. The molecule has 0 radical (unpaired) electrons. The SMILES string of the molecule is CC(C)(C)c1ccc(OCCNC(=O)Nc2cccc(C(F)(F)F)c2)cc1. The van der Waals surface area contributed by atoms with Crippen LogP contribution in [0.15, 0.2) is 48.5 Å². The van der Waals surface area contributed by atoms with Crippen molar-refractivity contribution in [1.82, 2.24) is 5.32 Å². The predicted octanol–water partition coefficient (Wildman–Crippen LogP) is 5.20. The highest BCUT2D eigenvalue weighted by atomic mass is 19.4. The summed E-state index contributed by atoms with van der Waals surface area (Å²) in [5.74, 6) is 0.683. The van der Waals surface area contributed by atoms with Crippen LogP contribution in [-0.4, -0.2) is 19.2 Å². The molecule has 2 aromatic rings. The lowest BCUT2D eigenvalue weighted by Gasteiger charge is -2.19. The molecule has 27 heavy (non-hydrogen) atoms. The number of nitrogens with one attached hydrogen (secondary N) is 2. The van der Waals surface area contributed by atoms with Gasteiger partial charge >= 0.3 is 12.2 Å². The van der Waals surface area contributed by atoms with Crippen molar-refractivity contribution in [1.29, 1.82) is 0 Å². The number of carbonyl (C=O) groups is 1. The first-order valence-electron chi connectivity index (χ1n) is 8.51. The molecule has 0 bridgehead atoms. The Morgan fingerprint density at radius 1 is 1.00 bits per heavy atom. The number of halogens is 3. The minimum atomic E-state index is -4.45. The summed E-state index contributed by atoms with van der Waals surface area (Å²) in [6.07, 6.45) is -4.45. The minimum absolute atomic E-state index is 0.0571. The van der Waals surface area contributed by atoms with Gasteiger partial charge in [0.25, 0.3) is 0 Å². The van der Waals surface area contributed by atoms with Crippen LogP contribution in [0, 0.1) is 0 Å². The van der Waals surface area contributed by atoms with Crippen LogP contribution >= 0.6 is 0 Å². The molecule has 146 valence electrons. The fourth-order valence-electron chi connectivity index (χ4n) is 2.33. The van der Waals surface area contributed by atoms with Crippen LogP contribution in [0.4, 0.5) is 23.7 Å². The average molecular weight is 380 g/mol. The molecule has 0 atom stereocenters. The molecule has 0 heterocycles. The summed E-state index contributed by atoms with van der Waals surface area (Å²) < 4.78 is 43.5. The normalized spacial score (nSPS) is 11.8. The zero-order valence-corrected chi connectivity index (χ0v) is 15.5. The molecular formula is C20H23F3N2O2. The van der Waals surface area contributed by atoms with Crippen molar-refractivity contribution in [2.45, 2.75) is 32.4 Å². The molecule has 0 fully saturated rings. The highest BCUT2D eigenvalue weighted by Gasteiger charge is 2.30. The first kappa shape index (κ1) is 20.6. The molecule has 0 aliphatic heterocycles. The van der Waals surface area contributed by atoms with Gasteiger partial charge in [-0.15, -0.1) is 0 Å². The van der Waals surface area contributed by atoms with Gasteiger partial charge in [0.15, 0.2) is 0 Å². The summed E-state index contributed by atoms with van der Waals surface area (Å²) in [5, 5.41) is 4.91. The van der Waals surface area contributed by atoms with Crippen LogP contribution in [0.2, 0.25) is 0 Å². The van der Waals surface area contributed by atoms with Gasteiger partial charge in [0, 0.05) is 5.69 Å². The summed E-state index contributed by atoms with van der Waals surface area (Å²) in [5.41, 5.74) is 0.499. The number of rotatable bonds is 5. The van der Waals surface area contributed by atoms with E-state index in [1.54, 1.807) is 0 Å². The Morgan fingerprint density at radius 2 is 1.67 bits per heavy atom. The minimum Gasteiger partial charge on any atom is -0.492 e. The number of amides is 2. The van der Waals surface area contributed by atoms with Crippen LogP contribution in [0.3, 0.4) is 0 Å². The van der Waals surface area contributed by atoms with Crippen molar-refractivity contribution < 1.29 is 22.7 Å². The molecule has 2 amide bonds. The fraction of sp³-hybridized carbons (Fsp3) is 0.350. The molecule has 0 saturated heterocycles. The van der Waals surface area contributed by atoms with Crippen molar-refractivity contribution >= 4 is 11.7 Å². The quantitative estimate of drug-likeness (QED) is 0.700. The van der Waals surface area contributed by atoms with Crippen molar-refractivity contribution in [3.8, 4) is 5.75 Å². The Kier molecular flexibility index (Phi) is 6.36. The summed E-state index contributed by atoms with van der Waals surface area (Å²) >= 11 is 0. The first-order valence-corrected chi connectivity index (χ1v) is 8.51. The summed E-state index contributed by atoms with van der Waals surface area (Å²) in [7, 11) is 0. The van der Waals surface area contributed by atoms with E-state index in [2.05, 4.69) is 31.4 Å². The Balaban J connectivity index is 1.77. The van der Waals surface area contributed by atoms with Crippen molar-refractivity contribution in [2.75, 3.05) is 18.5 Å². The summed E-state index contributed by atoms with van der Waals surface area (Å²) in [6.45, 7) is 6.82. The maximum Gasteiger partial charge on any atom is 0.416 e. The lowest BCUT2D eigenvalue weighted by molar-refractivity contribution is -0.137. The standard InChI is InChI=1S/C20H23F3N2O2/c1-19(2,3)14-7-9-17(10-8-14)27-12-11-24-18(26)25-16-6-4-5-15(13-16)20(21,22)23/h4-10,13H,11-12H2,1-3H3,(H2,24,25,26). The number of benzene rings is 2. The van der Waals surface area contributed by atoms with E-state index in [-0.39, 0.29) is 24.3 Å². The Hall–Kier alpha value is -2.70. The molecule has 0 saturated carbocycles. The molecule has 2 rings (SSSR count). The molecule has 0 aromatic heterocycles. The van der Waals surface area contributed by atoms with Crippen LogP contribution in [0.5, 0.6) is 5.75 Å².